The Labute approximate surface area is 183 Å². The largest absolute Gasteiger partial charge is 0.378 e. The molecule has 9 heteroatoms. The van der Waals surface area contributed by atoms with Gasteiger partial charge < -0.3 is 16.2 Å². The summed E-state index contributed by atoms with van der Waals surface area (Å²) in [5.41, 5.74) is 6.08. The van der Waals surface area contributed by atoms with Crippen molar-refractivity contribution in [3.63, 3.8) is 0 Å². The lowest BCUT2D eigenvalue weighted by atomic mass is 10.0. The summed E-state index contributed by atoms with van der Waals surface area (Å²) in [6.45, 7) is 1.33. The fourth-order valence-electron chi connectivity index (χ4n) is 3.47. The molecule has 168 valence electrons. The minimum absolute atomic E-state index is 0.0242. The highest BCUT2D eigenvalue weighted by atomic mass is 19.1. The predicted molar refractivity (Wildman–Crippen MR) is 112 cm³/mol. The molecule has 0 fully saturated rings. The molecule has 3 amide bonds. The molecule has 0 radical (unpaired) electrons. The minimum Gasteiger partial charge on any atom is -0.378 e. The molecule has 0 saturated heterocycles. The predicted octanol–water partition coefficient (Wildman–Crippen LogP) is 1.89. The van der Waals surface area contributed by atoms with Crippen molar-refractivity contribution in [1.29, 1.82) is 0 Å². The van der Waals surface area contributed by atoms with Crippen molar-refractivity contribution in [3.8, 4) is 0 Å². The molecule has 1 heterocycles. The van der Waals surface area contributed by atoms with Crippen LogP contribution in [-0.4, -0.2) is 39.8 Å². The number of carbonyl (C=O) groups is 3. The van der Waals surface area contributed by atoms with Crippen molar-refractivity contribution < 1.29 is 28.3 Å². The third-order valence-electron chi connectivity index (χ3n) is 5.06. The third-order valence-corrected chi connectivity index (χ3v) is 5.06. The lowest BCUT2D eigenvalue weighted by Crippen LogP contribution is -2.56. The average molecular weight is 443 g/mol. The number of aliphatic hydroxyl groups is 1. The van der Waals surface area contributed by atoms with Gasteiger partial charge >= 0.3 is 0 Å². The summed E-state index contributed by atoms with van der Waals surface area (Å²) < 4.78 is 27.2. The summed E-state index contributed by atoms with van der Waals surface area (Å²) in [7, 11) is 0. The molecule has 7 nitrogen and oxygen atoms in total. The number of hydrogen-bond donors (Lipinski definition) is 3. The summed E-state index contributed by atoms with van der Waals surface area (Å²) in [6.07, 6.45) is 1.27. The lowest BCUT2D eigenvalue weighted by molar-refractivity contribution is -0.157. The molecular formula is C23H23F2N3O4. The van der Waals surface area contributed by atoms with E-state index >= 15 is 0 Å². The maximum Gasteiger partial charge on any atom is 0.263 e. The molecule has 2 aromatic rings. The highest BCUT2D eigenvalue weighted by Crippen LogP contribution is 2.24. The molecule has 4 N–H and O–H groups in total. The fraction of sp³-hybridized carbons (Fsp3) is 0.261. The van der Waals surface area contributed by atoms with E-state index in [-0.39, 0.29) is 12.0 Å². The Bertz CT molecular complexity index is 1020. The van der Waals surface area contributed by atoms with E-state index in [2.05, 4.69) is 5.32 Å². The van der Waals surface area contributed by atoms with E-state index in [0.717, 1.165) is 17.7 Å². The van der Waals surface area contributed by atoms with Crippen LogP contribution in [0.2, 0.25) is 0 Å². The monoisotopic (exact) mass is 443 g/mol. The van der Waals surface area contributed by atoms with Crippen molar-refractivity contribution >= 4 is 17.7 Å². The molecule has 0 spiro atoms. The molecule has 3 rings (SSSR count). The molecule has 32 heavy (non-hydrogen) atoms. The SMILES string of the molecule is C[C@H](N)C(=O)N(C(=O)[C@H](O)c1cc(F)cc(F)c1)[C@H]1CC=C[C@@H](c2ccccc2)NC1=O. The number of imide groups is 1. The van der Waals surface area contributed by atoms with Gasteiger partial charge in [0.2, 0.25) is 11.8 Å². The van der Waals surface area contributed by atoms with Crippen molar-refractivity contribution in [2.24, 2.45) is 5.73 Å². The van der Waals surface area contributed by atoms with Crippen LogP contribution in [0.1, 0.15) is 36.6 Å². The second-order valence-corrected chi connectivity index (χ2v) is 7.52. The Balaban J connectivity index is 1.91. The molecular weight excluding hydrogens is 420 g/mol. The van der Waals surface area contributed by atoms with E-state index in [9.17, 15) is 28.3 Å². The van der Waals surface area contributed by atoms with Gasteiger partial charge in [-0.1, -0.05) is 42.5 Å². The molecule has 0 unspecified atom stereocenters. The van der Waals surface area contributed by atoms with Crippen molar-refractivity contribution in [1.82, 2.24) is 10.2 Å². The molecule has 1 aliphatic rings. The molecule has 0 saturated carbocycles. The maximum atomic E-state index is 13.6. The first-order valence-electron chi connectivity index (χ1n) is 9.97. The van der Waals surface area contributed by atoms with E-state index in [4.69, 9.17) is 5.73 Å². The number of carbonyl (C=O) groups excluding carboxylic acids is 3. The van der Waals surface area contributed by atoms with Gasteiger partial charge in [0, 0.05) is 6.07 Å². The highest BCUT2D eigenvalue weighted by molar-refractivity contribution is 6.04. The standard InChI is InChI=1S/C23H23F2N3O4/c1-13(26)22(31)28(23(32)20(29)15-10-16(24)12-17(25)11-15)19-9-5-8-18(27-21(19)30)14-6-3-2-4-7-14/h2-8,10-13,18-20,29H,9,26H2,1H3,(H,27,30)/t13-,18-,19-,20+/m0/s1. The Morgan fingerprint density at radius 3 is 2.34 bits per heavy atom. The second-order valence-electron chi connectivity index (χ2n) is 7.52. The zero-order valence-electron chi connectivity index (χ0n) is 17.2. The molecule has 2 aromatic carbocycles. The van der Waals surface area contributed by atoms with E-state index in [1.165, 1.54) is 6.92 Å². The Morgan fingerprint density at radius 1 is 1.12 bits per heavy atom. The molecule has 0 aromatic heterocycles. The van der Waals surface area contributed by atoms with E-state index < -0.39 is 53.6 Å². The van der Waals surface area contributed by atoms with Crippen LogP contribution in [0.15, 0.2) is 60.7 Å². The van der Waals surface area contributed by atoms with Gasteiger partial charge in [0.1, 0.15) is 17.7 Å². The topological polar surface area (TPSA) is 113 Å². The first kappa shape index (κ1) is 23.2. The highest BCUT2D eigenvalue weighted by Gasteiger charge is 2.40. The number of nitrogens with two attached hydrogens (primary N) is 1. The number of benzene rings is 2. The minimum atomic E-state index is -2.08. The van der Waals surface area contributed by atoms with Crippen LogP contribution in [0.5, 0.6) is 0 Å². The Morgan fingerprint density at radius 2 is 1.75 bits per heavy atom. The third kappa shape index (κ3) is 5.06. The van der Waals surface area contributed by atoms with Crippen molar-refractivity contribution in [3.05, 3.63) is 83.4 Å². The zero-order valence-corrected chi connectivity index (χ0v) is 17.2. The van der Waals surface area contributed by atoms with Crippen LogP contribution in [-0.2, 0) is 14.4 Å². The number of hydrogen-bond acceptors (Lipinski definition) is 5. The van der Waals surface area contributed by atoms with Crippen LogP contribution in [0.3, 0.4) is 0 Å². The summed E-state index contributed by atoms with van der Waals surface area (Å²) in [5.74, 6) is -4.75. The van der Waals surface area contributed by atoms with Gasteiger partial charge in [-0.05, 0) is 36.6 Å². The quantitative estimate of drug-likeness (QED) is 0.611. The van der Waals surface area contributed by atoms with Gasteiger partial charge in [0.25, 0.3) is 5.91 Å². The van der Waals surface area contributed by atoms with Crippen LogP contribution < -0.4 is 11.1 Å². The van der Waals surface area contributed by atoms with E-state index in [0.29, 0.717) is 11.0 Å². The molecule has 4 atom stereocenters. The number of halogens is 2. The first-order valence-corrected chi connectivity index (χ1v) is 9.97. The average Bonchev–Trinajstić information content (AvgIpc) is 2.95. The van der Waals surface area contributed by atoms with Crippen LogP contribution in [0.4, 0.5) is 8.78 Å². The van der Waals surface area contributed by atoms with Gasteiger partial charge in [0.05, 0.1) is 12.1 Å². The smallest absolute Gasteiger partial charge is 0.263 e. The van der Waals surface area contributed by atoms with Crippen molar-refractivity contribution in [2.45, 2.75) is 37.6 Å². The lowest BCUT2D eigenvalue weighted by Gasteiger charge is -2.31. The van der Waals surface area contributed by atoms with Crippen molar-refractivity contribution in [2.75, 3.05) is 0 Å². The molecule has 1 aliphatic heterocycles. The van der Waals surface area contributed by atoms with Gasteiger partial charge in [-0.15, -0.1) is 0 Å². The number of aliphatic hydroxyl groups excluding tert-OH is 1. The van der Waals surface area contributed by atoms with Gasteiger partial charge in [-0.2, -0.15) is 0 Å². The number of nitrogens with zero attached hydrogens (tertiary/aromatic N) is 1. The Hall–Kier alpha value is -3.43. The fourth-order valence-corrected chi connectivity index (χ4v) is 3.47. The number of amides is 3. The van der Waals surface area contributed by atoms with Gasteiger partial charge in [0.15, 0.2) is 6.10 Å². The summed E-state index contributed by atoms with van der Waals surface area (Å²) >= 11 is 0. The normalized spacial score (nSPS) is 20.1. The summed E-state index contributed by atoms with van der Waals surface area (Å²) in [5, 5.41) is 13.2. The van der Waals surface area contributed by atoms with Gasteiger partial charge in [-0.3, -0.25) is 19.3 Å². The summed E-state index contributed by atoms with van der Waals surface area (Å²) in [4.78, 5) is 39.4. The van der Waals surface area contributed by atoms with Crippen LogP contribution >= 0.6 is 0 Å². The van der Waals surface area contributed by atoms with E-state index in [1.54, 1.807) is 12.2 Å². The summed E-state index contributed by atoms with van der Waals surface area (Å²) in [6, 6.07) is 8.24. The maximum absolute atomic E-state index is 13.6. The zero-order chi connectivity index (χ0) is 23.4. The van der Waals surface area contributed by atoms with Gasteiger partial charge in [-0.25, -0.2) is 8.78 Å². The number of rotatable bonds is 5. The molecule has 0 bridgehead atoms. The van der Waals surface area contributed by atoms with Crippen LogP contribution in [0, 0.1) is 11.6 Å². The van der Waals surface area contributed by atoms with E-state index in [1.807, 2.05) is 30.3 Å². The first-order chi connectivity index (χ1) is 15.2. The second kappa shape index (κ2) is 9.80. The molecule has 0 aliphatic carbocycles. The number of nitrogens with one attached hydrogen (secondary N) is 1. The Kier molecular flexibility index (Phi) is 7.12. The van der Waals surface area contributed by atoms with Crippen LogP contribution in [0.25, 0.3) is 0 Å².